The molecule has 0 spiro atoms. The van der Waals surface area contributed by atoms with E-state index in [0.29, 0.717) is 6.04 Å². The Balaban J connectivity index is 2.28. The molecular formula is C17H23ClN2. The van der Waals surface area contributed by atoms with E-state index in [1.165, 1.54) is 11.1 Å². The SMILES string of the molecule is Cc1ccc2nc(C(C)Cl)n(C3C(C)(C)C3(C)C)c2c1. The molecule has 3 heteroatoms. The molecule has 0 N–H and O–H groups in total. The predicted octanol–water partition coefficient (Wildman–Crippen LogP) is 5.25. The van der Waals surface area contributed by atoms with Crippen LogP contribution in [0.25, 0.3) is 11.0 Å². The van der Waals surface area contributed by atoms with Crippen LogP contribution in [-0.2, 0) is 0 Å². The zero-order valence-corrected chi connectivity index (χ0v) is 13.9. The average Bonchev–Trinajstić information content (AvgIpc) is 2.64. The van der Waals surface area contributed by atoms with Crippen molar-refractivity contribution in [2.24, 2.45) is 10.8 Å². The summed E-state index contributed by atoms with van der Waals surface area (Å²) in [4.78, 5) is 4.78. The first kappa shape index (κ1) is 13.9. The van der Waals surface area contributed by atoms with Crippen molar-refractivity contribution >= 4 is 22.6 Å². The highest BCUT2D eigenvalue weighted by molar-refractivity contribution is 6.20. The standard InChI is InChI=1S/C17H23ClN2/c1-10-7-8-12-13(9-10)20(14(19-12)11(2)18)15-16(3,4)17(15,5)6/h7-9,11,15H,1-6H3. The number of halogens is 1. The van der Waals surface area contributed by atoms with E-state index in [4.69, 9.17) is 16.6 Å². The summed E-state index contributed by atoms with van der Waals surface area (Å²) < 4.78 is 2.39. The lowest BCUT2D eigenvalue weighted by Crippen LogP contribution is -2.07. The molecule has 1 fully saturated rings. The summed E-state index contributed by atoms with van der Waals surface area (Å²) in [5.41, 5.74) is 4.08. The zero-order chi connectivity index (χ0) is 14.9. The summed E-state index contributed by atoms with van der Waals surface area (Å²) in [5, 5.41) is -0.0742. The second-order valence-corrected chi connectivity index (χ2v) is 7.95. The Morgan fingerprint density at radius 2 is 1.80 bits per heavy atom. The summed E-state index contributed by atoms with van der Waals surface area (Å²) in [6.07, 6.45) is 0. The fourth-order valence-corrected chi connectivity index (χ4v) is 3.73. The molecular weight excluding hydrogens is 268 g/mol. The first-order valence-corrected chi connectivity index (χ1v) is 7.74. The van der Waals surface area contributed by atoms with Crippen LogP contribution >= 0.6 is 11.6 Å². The van der Waals surface area contributed by atoms with Gasteiger partial charge in [-0.25, -0.2) is 4.98 Å². The fraction of sp³-hybridized carbons (Fsp3) is 0.588. The Hall–Kier alpha value is -1.02. The smallest absolute Gasteiger partial charge is 0.128 e. The number of hydrogen-bond acceptors (Lipinski definition) is 1. The van der Waals surface area contributed by atoms with Crippen molar-refractivity contribution in [3.05, 3.63) is 29.6 Å². The molecule has 0 bridgehead atoms. The van der Waals surface area contributed by atoms with Crippen molar-refractivity contribution in [2.75, 3.05) is 0 Å². The maximum Gasteiger partial charge on any atom is 0.128 e. The quantitative estimate of drug-likeness (QED) is 0.691. The van der Waals surface area contributed by atoms with Gasteiger partial charge in [-0.05, 0) is 42.4 Å². The number of aromatic nitrogens is 2. The van der Waals surface area contributed by atoms with Gasteiger partial charge in [-0.3, -0.25) is 0 Å². The lowest BCUT2D eigenvalue weighted by atomic mass is 10.0. The maximum atomic E-state index is 6.39. The molecule has 1 aliphatic carbocycles. The highest BCUT2D eigenvalue weighted by Gasteiger charge is 2.66. The third kappa shape index (κ3) is 1.67. The Labute approximate surface area is 126 Å². The van der Waals surface area contributed by atoms with Crippen LogP contribution in [0.15, 0.2) is 18.2 Å². The van der Waals surface area contributed by atoms with Crippen LogP contribution in [0.5, 0.6) is 0 Å². The first-order valence-electron chi connectivity index (χ1n) is 7.30. The van der Waals surface area contributed by atoms with Crippen LogP contribution < -0.4 is 0 Å². The van der Waals surface area contributed by atoms with Crippen molar-refractivity contribution in [3.8, 4) is 0 Å². The minimum atomic E-state index is -0.0742. The number of benzene rings is 1. The highest BCUT2D eigenvalue weighted by atomic mass is 35.5. The van der Waals surface area contributed by atoms with Crippen molar-refractivity contribution in [3.63, 3.8) is 0 Å². The molecule has 0 amide bonds. The van der Waals surface area contributed by atoms with Gasteiger partial charge in [0.2, 0.25) is 0 Å². The minimum Gasteiger partial charge on any atom is -0.322 e. The lowest BCUT2D eigenvalue weighted by Gasteiger charge is -2.13. The molecule has 1 unspecified atom stereocenters. The molecule has 0 saturated heterocycles. The van der Waals surface area contributed by atoms with Crippen molar-refractivity contribution < 1.29 is 0 Å². The van der Waals surface area contributed by atoms with E-state index >= 15 is 0 Å². The fourth-order valence-electron chi connectivity index (χ4n) is 3.58. The van der Waals surface area contributed by atoms with Gasteiger partial charge in [-0.15, -0.1) is 11.6 Å². The molecule has 1 aromatic carbocycles. The number of fused-ring (bicyclic) bond motifs is 1. The molecule has 2 aromatic rings. The van der Waals surface area contributed by atoms with Gasteiger partial charge in [-0.1, -0.05) is 33.8 Å². The number of aryl methyl sites for hydroxylation is 1. The largest absolute Gasteiger partial charge is 0.322 e. The Morgan fingerprint density at radius 3 is 2.30 bits per heavy atom. The van der Waals surface area contributed by atoms with Crippen LogP contribution in [0.1, 0.15) is 57.4 Å². The Kier molecular flexibility index (Phi) is 2.79. The van der Waals surface area contributed by atoms with Gasteiger partial charge in [0.1, 0.15) is 5.82 Å². The molecule has 2 nitrogen and oxygen atoms in total. The number of rotatable bonds is 2. The van der Waals surface area contributed by atoms with E-state index in [1.54, 1.807) is 0 Å². The molecule has 3 rings (SSSR count). The van der Waals surface area contributed by atoms with E-state index in [0.717, 1.165) is 11.3 Å². The van der Waals surface area contributed by atoms with Gasteiger partial charge in [0.25, 0.3) is 0 Å². The topological polar surface area (TPSA) is 17.8 Å². The summed E-state index contributed by atoms with van der Waals surface area (Å²) in [6, 6.07) is 6.91. The van der Waals surface area contributed by atoms with Crippen LogP contribution in [0.3, 0.4) is 0 Å². The number of hydrogen-bond donors (Lipinski definition) is 0. The van der Waals surface area contributed by atoms with Gasteiger partial charge in [0.05, 0.1) is 16.4 Å². The predicted molar refractivity (Wildman–Crippen MR) is 85.3 cm³/mol. The van der Waals surface area contributed by atoms with E-state index in [1.807, 2.05) is 6.92 Å². The van der Waals surface area contributed by atoms with Crippen molar-refractivity contribution in [1.29, 1.82) is 0 Å². The second kappa shape index (κ2) is 4.00. The number of imidazole rings is 1. The summed E-state index contributed by atoms with van der Waals surface area (Å²) >= 11 is 6.39. The van der Waals surface area contributed by atoms with E-state index in [2.05, 4.69) is 57.4 Å². The minimum absolute atomic E-state index is 0.0742. The maximum absolute atomic E-state index is 6.39. The number of alkyl halides is 1. The van der Waals surface area contributed by atoms with Crippen LogP contribution in [0.2, 0.25) is 0 Å². The van der Waals surface area contributed by atoms with Crippen LogP contribution in [0.4, 0.5) is 0 Å². The highest BCUT2D eigenvalue weighted by Crippen LogP contribution is 2.72. The summed E-state index contributed by atoms with van der Waals surface area (Å²) in [5.74, 6) is 0.996. The number of nitrogens with zero attached hydrogens (tertiary/aromatic N) is 2. The first-order chi connectivity index (χ1) is 9.18. The molecule has 0 aliphatic heterocycles. The average molecular weight is 291 g/mol. The van der Waals surface area contributed by atoms with E-state index in [-0.39, 0.29) is 16.2 Å². The molecule has 1 aromatic heterocycles. The normalized spacial score (nSPS) is 22.1. The van der Waals surface area contributed by atoms with Crippen LogP contribution in [-0.4, -0.2) is 9.55 Å². The van der Waals surface area contributed by atoms with Crippen molar-refractivity contribution in [2.45, 2.75) is 53.0 Å². The van der Waals surface area contributed by atoms with Gasteiger partial charge < -0.3 is 4.57 Å². The lowest BCUT2D eigenvalue weighted by molar-refractivity contribution is 0.457. The third-order valence-corrected chi connectivity index (χ3v) is 5.63. The molecule has 0 radical (unpaired) electrons. The summed E-state index contributed by atoms with van der Waals surface area (Å²) in [7, 11) is 0. The summed E-state index contributed by atoms with van der Waals surface area (Å²) in [6.45, 7) is 13.5. The Morgan fingerprint density at radius 1 is 1.20 bits per heavy atom. The second-order valence-electron chi connectivity index (χ2n) is 7.29. The molecule has 1 saturated carbocycles. The third-order valence-electron chi connectivity index (χ3n) is 5.43. The Bertz CT molecular complexity index is 666. The van der Waals surface area contributed by atoms with Gasteiger partial charge in [0, 0.05) is 6.04 Å². The van der Waals surface area contributed by atoms with E-state index < -0.39 is 0 Å². The van der Waals surface area contributed by atoms with Crippen LogP contribution in [0, 0.1) is 17.8 Å². The molecule has 1 aliphatic rings. The molecule has 20 heavy (non-hydrogen) atoms. The van der Waals surface area contributed by atoms with Gasteiger partial charge in [0.15, 0.2) is 0 Å². The van der Waals surface area contributed by atoms with Gasteiger partial charge in [-0.2, -0.15) is 0 Å². The molecule has 1 heterocycles. The monoisotopic (exact) mass is 290 g/mol. The molecule has 1 atom stereocenters. The van der Waals surface area contributed by atoms with Crippen molar-refractivity contribution in [1.82, 2.24) is 9.55 Å². The van der Waals surface area contributed by atoms with E-state index in [9.17, 15) is 0 Å². The molecule has 108 valence electrons. The zero-order valence-electron chi connectivity index (χ0n) is 13.2. The van der Waals surface area contributed by atoms with Gasteiger partial charge >= 0.3 is 0 Å².